The molecule has 0 rings (SSSR count). The first kappa shape index (κ1) is 26.3. The monoisotopic (exact) mass is 408 g/mol. The third-order valence-corrected chi connectivity index (χ3v) is 4.50. The van der Waals surface area contributed by atoms with E-state index in [9.17, 15) is 14.5 Å². The molecule has 0 amide bonds. The molecule has 0 aromatic carbocycles. The van der Waals surface area contributed by atoms with Gasteiger partial charge >= 0.3 is 13.8 Å². The van der Waals surface area contributed by atoms with Gasteiger partial charge < -0.3 is 19.6 Å². The van der Waals surface area contributed by atoms with Gasteiger partial charge in [-0.1, -0.05) is 57.6 Å². The molecule has 1 atom stereocenters. The normalized spacial score (nSPS) is 13.2. The van der Waals surface area contributed by atoms with Gasteiger partial charge in [0.2, 0.25) is 0 Å². The van der Waals surface area contributed by atoms with Crippen molar-refractivity contribution in [2.45, 2.75) is 90.1 Å². The lowest BCUT2D eigenvalue weighted by atomic mass is 10.1. The van der Waals surface area contributed by atoms with Crippen molar-refractivity contribution in [1.29, 1.82) is 0 Å². The second-order valence-corrected chi connectivity index (χ2v) is 7.99. The Bertz CT molecular complexity index is 434. The Labute approximate surface area is 163 Å². The maximum absolute atomic E-state index is 11.5. The van der Waals surface area contributed by atoms with Gasteiger partial charge in [-0.05, 0) is 32.1 Å². The average molecular weight is 408 g/mol. The van der Waals surface area contributed by atoms with Crippen LogP contribution in [0.5, 0.6) is 0 Å². The van der Waals surface area contributed by atoms with Crippen molar-refractivity contribution in [2.75, 3.05) is 13.2 Å². The Balaban J connectivity index is 3.41. The molecule has 0 saturated heterocycles. The molecule has 0 radical (unpaired) electrons. The number of hydrogen-bond acceptors (Lipinski definition) is 5. The number of allylic oxidation sites excluding steroid dienone is 2. The molecule has 0 saturated carbocycles. The van der Waals surface area contributed by atoms with Crippen molar-refractivity contribution >= 4 is 13.8 Å². The first-order valence-corrected chi connectivity index (χ1v) is 11.6. The fourth-order valence-electron chi connectivity index (χ4n) is 2.48. The Kier molecular flexibility index (Phi) is 16.9. The van der Waals surface area contributed by atoms with E-state index < -0.39 is 26.5 Å². The van der Waals surface area contributed by atoms with Gasteiger partial charge in [-0.3, -0.25) is 9.32 Å². The third kappa shape index (κ3) is 21.4. The molecule has 0 bridgehead atoms. The molecular weight excluding hydrogens is 371 g/mol. The summed E-state index contributed by atoms with van der Waals surface area (Å²) in [7, 11) is -4.62. The summed E-state index contributed by atoms with van der Waals surface area (Å²) in [5.41, 5.74) is 0. The van der Waals surface area contributed by atoms with E-state index in [-0.39, 0.29) is 13.0 Å². The quantitative estimate of drug-likeness (QED) is 0.134. The maximum atomic E-state index is 11.5. The smallest absolute Gasteiger partial charge is 0.463 e. The van der Waals surface area contributed by atoms with Gasteiger partial charge in [0.05, 0.1) is 6.61 Å². The number of carbonyl (C=O) groups excluding carboxylic acids is 1. The van der Waals surface area contributed by atoms with Gasteiger partial charge in [0.1, 0.15) is 12.7 Å². The molecule has 0 aliphatic heterocycles. The molecule has 8 heteroatoms. The van der Waals surface area contributed by atoms with Crippen molar-refractivity contribution in [3.63, 3.8) is 0 Å². The van der Waals surface area contributed by atoms with Crippen molar-refractivity contribution < 1.29 is 33.5 Å². The predicted octanol–water partition coefficient (Wildman–Crippen LogP) is 4.26. The van der Waals surface area contributed by atoms with Crippen LogP contribution in [0, 0.1) is 0 Å². The number of rotatable bonds is 18. The zero-order chi connectivity index (χ0) is 20.4. The minimum Gasteiger partial charge on any atom is -0.463 e. The summed E-state index contributed by atoms with van der Waals surface area (Å²) in [5, 5.41) is 9.39. The van der Waals surface area contributed by atoms with E-state index in [0.29, 0.717) is 0 Å². The molecule has 0 heterocycles. The van der Waals surface area contributed by atoms with Crippen LogP contribution in [0.4, 0.5) is 0 Å². The van der Waals surface area contributed by atoms with Gasteiger partial charge in [0.15, 0.2) is 0 Å². The Morgan fingerprint density at radius 2 is 1.48 bits per heavy atom. The van der Waals surface area contributed by atoms with Crippen molar-refractivity contribution in [1.82, 2.24) is 0 Å². The zero-order valence-electron chi connectivity index (χ0n) is 16.6. The number of phosphoric ester groups is 1. The molecular formula is C19H37O7P. The molecule has 7 nitrogen and oxygen atoms in total. The van der Waals surface area contributed by atoms with E-state index >= 15 is 0 Å². The average Bonchev–Trinajstić information content (AvgIpc) is 2.61. The summed E-state index contributed by atoms with van der Waals surface area (Å²) < 4.78 is 19.4. The summed E-state index contributed by atoms with van der Waals surface area (Å²) >= 11 is 0. The molecule has 0 fully saturated rings. The van der Waals surface area contributed by atoms with Gasteiger partial charge in [-0.2, -0.15) is 0 Å². The first-order valence-electron chi connectivity index (χ1n) is 10.0. The maximum Gasteiger partial charge on any atom is 0.469 e. The number of hydrogen-bond donors (Lipinski definition) is 3. The summed E-state index contributed by atoms with van der Waals surface area (Å²) in [5.74, 6) is -0.420. The van der Waals surface area contributed by atoms with E-state index in [1.807, 2.05) is 0 Å². The van der Waals surface area contributed by atoms with Crippen molar-refractivity contribution in [2.24, 2.45) is 0 Å². The van der Waals surface area contributed by atoms with Crippen LogP contribution in [-0.4, -0.2) is 40.2 Å². The molecule has 0 aromatic rings. The van der Waals surface area contributed by atoms with E-state index in [1.165, 1.54) is 38.5 Å². The molecule has 0 aliphatic rings. The minimum atomic E-state index is -4.62. The number of phosphoric acid groups is 1. The van der Waals surface area contributed by atoms with E-state index in [0.717, 1.165) is 32.1 Å². The number of aliphatic hydroxyl groups is 1. The summed E-state index contributed by atoms with van der Waals surface area (Å²) in [4.78, 5) is 28.5. The van der Waals surface area contributed by atoms with Crippen molar-refractivity contribution in [3.8, 4) is 0 Å². The minimum absolute atomic E-state index is 0.281. The number of aliphatic hydroxyl groups excluding tert-OH is 1. The molecule has 0 unspecified atom stereocenters. The highest BCUT2D eigenvalue weighted by atomic mass is 31.2. The number of ether oxygens (including phenoxy) is 1. The van der Waals surface area contributed by atoms with E-state index in [4.69, 9.17) is 14.5 Å². The van der Waals surface area contributed by atoms with Crippen LogP contribution in [-0.2, 0) is 18.6 Å². The van der Waals surface area contributed by atoms with Crippen LogP contribution >= 0.6 is 7.82 Å². The summed E-state index contributed by atoms with van der Waals surface area (Å²) in [6.45, 7) is 1.31. The second kappa shape index (κ2) is 17.4. The number of carbonyl (C=O) groups is 1. The Morgan fingerprint density at radius 3 is 2.07 bits per heavy atom. The fourth-order valence-corrected chi connectivity index (χ4v) is 2.85. The van der Waals surface area contributed by atoms with E-state index in [1.54, 1.807) is 0 Å². The molecule has 27 heavy (non-hydrogen) atoms. The number of esters is 1. The molecule has 0 aliphatic carbocycles. The largest absolute Gasteiger partial charge is 0.469 e. The highest BCUT2D eigenvalue weighted by Crippen LogP contribution is 2.35. The molecule has 160 valence electrons. The Hall–Kier alpha value is -0.720. The first-order chi connectivity index (χ1) is 12.8. The number of unbranched alkanes of at least 4 members (excludes halogenated alkanes) is 9. The lowest BCUT2D eigenvalue weighted by Crippen LogP contribution is -2.23. The third-order valence-electron chi connectivity index (χ3n) is 4.01. The topological polar surface area (TPSA) is 113 Å². The van der Waals surface area contributed by atoms with Crippen LogP contribution in [0.15, 0.2) is 12.2 Å². The molecule has 3 N–H and O–H groups in total. The summed E-state index contributed by atoms with van der Waals surface area (Å²) in [6, 6.07) is 0. The highest BCUT2D eigenvalue weighted by molar-refractivity contribution is 7.46. The van der Waals surface area contributed by atoms with Crippen LogP contribution in [0.3, 0.4) is 0 Å². The fraction of sp³-hybridized carbons (Fsp3) is 0.842. The lowest BCUT2D eigenvalue weighted by molar-refractivity contribution is -0.147. The van der Waals surface area contributed by atoms with Gasteiger partial charge in [0, 0.05) is 6.42 Å². The molecule has 0 aromatic heterocycles. The van der Waals surface area contributed by atoms with Gasteiger partial charge in [-0.15, -0.1) is 0 Å². The summed E-state index contributed by atoms with van der Waals surface area (Å²) in [6.07, 6.45) is 16.2. The van der Waals surface area contributed by atoms with Crippen LogP contribution in [0.25, 0.3) is 0 Å². The second-order valence-electron chi connectivity index (χ2n) is 6.75. The van der Waals surface area contributed by atoms with Gasteiger partial charge in [0.25, 0.3) is 0 Å². The zero-order valence-corrected chi connectivity index (χ0v) is 17.4. The van der Waals surface area contributed by atoms with Crippen LogP contribution in [0.1, 0.15) is 84.0 Å². The SMILES string of the molecule is CCCCCC/C=C\CCCCCCCC(=O)OC[C@H](O)COP(=O)(O)O. The standard InChI is InChI=1S/C19H37O7P/c1-2-3-4-5-6-7-8-9-10-11-12-13-14-15-19(21)25-16-18(20)17-26-27(22,23)24/h7-8,18,20H,2-6,9-17H2,1H3,(H2,22,23,24)/b8-7-/t18-/m0/s1. The van der Waals surface area contributed by atoms with Crippen LogP contribution < -0.4 is 0 Å². The van der Waals surface area contributed by atoms with Crippen molar-refractivity contribution in [3.05, 3.63) is 12.2 Å². The highest BCUT2D eigenvalue weighted by Gasteiger charge is 2.17. The molecule has 0 spiro atoms. The predicted molar refractivity (Wildman–Crippen MR) is 105 cm³/mol. The Morgan fingerprint density at radius 1 is 0.926 bits per heavy atom. The lowest BCUT2D eigenvalue weighted by Gasteiger charge is -2.12. The van der Waals surface area contributed by atoms with E-state index in [2.05, 4.69) is 23.6 Å². The van der Waals surface area contributed by atoms with Crippen LogP contribution in [0.2, 0.25) is 0 Å². The van der Waals surface area contributed by atoms with Gasteiger partial charge in [-0.25, -0.2) is 4.57 Å².